The van der Waals surface area contributed by atoms with Crippen molar-refractivity contribution in [2.45, 2.75) is 6.92 Å². The van der Waals surface area contributed by atoms with Crippen LogP contribution in [0.2, 0.25) is 0 Å². The van der Waals surface area contributed by atoms with Crippen LogP contribution < -0.4 is 20.2 Å². The van der Waals surface area contributed by atoms with Crippen LogP contribution in [0.3, 0.4) is 0 Å². The van der Waals surface area contributed by atoms with Gasteiger partial charge in [-0.1, -0.05) is 30.3 Å². The van der Waals surface area contributed by atoms with Crippen LogP contribution in [-0.2, 0) is 4.79 Å². The zero-order valence-corrected chi connectivity index (χ0v) is 17.0. The third-order valence-electron chi connectivity index (χ3n) is 3.87. The predicted octanol–water partition coefficient (Wildman–Crippen LogP) is 3.78. The Morgan fingerprint density at radius 1 is 1.21 bits per heavy atom. The standard InChI is InChI=1S/C21H22N4O3S/c1-15(26)22-10-11-28-19-9-8-16(12-20(19)27-2)13-23-25-21-24-18(14-29-21)17-6-4-3-5-7-17/h3-9,12-14H,10-11H2,1-2H3,(H,22,26)(H,24,25). The summed E-state index contributed by atoms with van der Waals surface area (Å²) in [6.45, 7) is 2.26. The van der Waals surface area contributed by atoms with E-state index in [0.29, 0.717) is 29.8 Å². The summed E-state index contributed by atoms with van der Waals surface area (Å²) in [5.41, 5.74) is 5.78. The number of carbonyl (C=O) groups is 1. The molecule has 0 aliphatic rings. The first kappa shape index (κ1) is 20.3. The molecular weight excluding hydrogens is 388 g/mol. The minimum absolute atomic E-state index is 0.0873. The number of nitrogens with one attached hydrogen (secondary N) is 2. The van der Waals surface area contributed by atoms with Gasteiger partial charge in [0.15, 0.2) is 11.5 Å². The largest absolute Gasteiger partial charge is 0.493 e. The summed E-state index contributed by atoms with van der Waals surface area (Å²) in [7, 11) is 1.58. The quantitative estimate of drug-likeness (QED) is 0.319. The summed E-state index contributed by atoms with van der Waals surface area (Å²) in [5, 5.41) is 9.63. The zero-order chi connectivity index (χ0) is 20.5. The lowest BCUT2D eigenvalue weighted by molar-refractivity contribution is -0.119. The lowest BCUT2D eigenvalue weighted by atomic mass is 10.2. The van der Waals surface area contributed by atoms with E-state index >= 15 is 0 Å². The fourth-order valence-electron chi connectivity index (χ4n) is 2.50. The van der Waals surface area contributed by atoms with Crippen molar-refractivity contribution in [3.05, 3.63) is 59.5 Å². The maximum Gasteiger partial charge on any atom is 0.216 e. The highest BCUT2D eigenvalue weighted by molar-refractivity contribution is 7.14. The molecule has 8 heteroatoms. The van der Waals surface area contributed by atoms with E-state index in [4.69, 9.17) is 9.47 Å². The average molecular weight is 410 g/mol. The van der Waals surface area contributed by atoms with Crippen LogP contribution in [0, 0.1) is 0 Å². The molecule has 3 rings (SSSR count). The second kappa shape index (κ2) is 10.2. The number of benzene rings is 2. The number of nitrogens with zero attached hydrogens (tertiary/aromatic N) is 2. The third kappa shape index (κ3) is 6.05. The topological polar surface area (TPSA) is 84.8 Å². The van der Waals surface area contributed by atoms with E-state index in [1.54, 1.807) is 13.3 Å². The van der Waals surface area contributed by atoms with E-state index < -0.39 is 0 Å². The molecule has 1 amide bonds. The van der Waals surface area contributed by atoms with Crippen LogP contribution in [-0.4, -0.2) is 37.4 Å². The maximum atomic E-state index is 10.9. The molecule has 7 nitrogen and oxygen atoms in total. The highest BCUT2D eigenvalue weighted by Crippen LogP contribution is 2.28. The SMILES string of the molecule is COc1cc(C=NNc2nc(-c3ccccc3)cs2)ccc1OCCNC(C)=O. The van der Waals surface area contributed by atoms with E-state index in [2.05, 4.69) is 20.8 Å². The fraction of sp³-hybridized carbons (Fsp3) is 0.190. The summed E-state index contributed by atoms with van der Waals surface area (Å²) in [4.78, 5) is 15.4. The van der Waals surface area contributed by atoms with Crippen molar-refractivity contribution in [2.75, 3.05) is 25.7 Å². The van der Waals surface area contributed by atoms with Crippen LogP contribution in [0.5, 0.6) is 11.5 Å². The first-order valence-electron chi connectivity index (χ1n) is 9.01. The summed E-state index contributed by atoms with van der Waals surface area (Å²) < 4.78 is 11.0. The molecule has 3 aromatic rings. The molecule has 0 saturated carbocycles. The van der Waals surface area contributed by atoms with Gasteiger partial charge in [-0.05, 0) is 23.8 Å². The molecule has 1 aromatic heterocycles. The zero-order valence-electron chi connectivity index (χ0n) is 16.2. The van der Waals surface area contributed by atoms with E-state index in [1.807, 2.05) is 53.9 Å². The number of rotatable bonds is 9. The van der Waals surface area contributed by atoms with Crippen LogP contribution in [0.4, 0.5) is 5.13 Å². The number of aromatic nitrogens is 1. The van der Waals surface area contributed by atoms with Gasteiger partial charge in [0.05, 0.1) is 25.6 Å². The third-order valence-corrected chi connectivity index (χ3v) is 4.62. The number of thiazole rings is 1. The molecule has 0 aliphatic heterocycles. The highest BCUT2D eigenvalue weighted by atomic mass is 32.1. The Morgan fingerprint density at radius 3 is 2.79 bits per heavy atom. The minimum Gasteiger partial charge on any atom is -0.493 e. The summed E-state index contributed by atoms with van der Waals surface area (Å²) in [5.74, 6) is 1.11. The van der Waals surface area contributed by atoms with Gasteiger partial charge < -0.3 is 14.8 Å². The molecule has 0 unspecified atom stereocenters. The Balaban J connectivity index is 1.58. The van der Waals surface area contributed by atoms with Gasteiger partial charge in [0.25, 0.3) is 0 Å². The van der Waals surface area contributed by atoms with E-state index in [0.717, 1.165) is 16.8 Å². The van der Waals surface area contributed by atoms with Crippen LogP contribution in [0.1, 0.15) is 12.5 Å². The number of amides is 1. The molecule has 150 valence electrons. The Hall–Kier alpha value is -3.39. The number of carbonyl (C=O) groups excluding carboxylic acids is 1. The van der Waals surface area contributed by atoms with E-state index in [1.165, 1.54) is 18.3 Å². The van der Waals surface area contributed by atoms with Crippen molar-refractivity contribution < 1.29 is 14.3 Å². The molecule has 0 atom stereocenters. The summed E-state index contributed by atoms with van der Waals surface area (Å²) >= 11 is 1.49. The molecule has 0 spiro atoms. The lowest BCUT2D eigenvalue weighted by Crippen LogP contribution is -2.25. The van der Waals surface area contributed by atoms with Crippen LogP contribution in [0.25, 0.3) is 11.3 Å². The number of anilines is 1. The Labute approximate surface area is 173 Å². The Morgan fingerprint density at radius 2 is 2.03 bits per heavy atom. The molecule has 0 fully saturated rings. The van der Waals surface area contributed by atoms with Gasteiger partial charge in [0.2, 0.25) is 11.0 Å². The van der Waals surface area contributed by atoms with Crippen molar-refractivity contribution >= 4 is 28.6 Å². The number of hydrazone groups is 1. The molecule has 29 heavy (non-hydrogen) atoms. The van der Waals surface area contributed by atoms with Gasteiger partial charge >= 0.3 is 0 Å². The van der Waals surface area contributed by atoms with Crippen LogP contribution in [0.15, 0.2) is 59.0 Å². The van der Waals surface area contributed by atoms with Crippen molar-refractivity contribution in [2.24, 2.45) is 5.10 Å². The molecular formula is C21H22N4O3S. The van der Waals surface area contributed by atoms with Crippen molar-refractivity contribution in [1.82, 2.24) is 10.3 Å². The normalized spacial score (nSPS) is 10.7. The van der Waals surface area contributed by atoms with E-state index in [-0.39, 0.29) is 5.91 Å². The molecule has 0 bridgehead atoms. The Bertz CT molecular complexity index is 973. The smallest absolute Gasteiger partial charge is 0.216 e. The van der Waals surface area contributed by atoms with E-state index in [9.17, 15) is 4.79 Å². The van der Waals surface area contributed by atoms with Gasteiger partial charge in [-0.15, -0.1) is 11.3 Å². The van der Waals surface area contributed by atoms with Crippen molar-refractivity contribution in [3.63, 3.8) is 0 Å². The van der Waals surface area contributed by atoms with Crippen molar-refractivity contribution in [3.8, 4) is 22.8 Å². The molecule has 1 heterocycles. The number of hydrogen-bond acceptors (Lipinski definition) is 7. The molecule has 2 N–H and O–H groups in total. The first-order valence-corrected chi connectivity index (χ1v) is 9.89. The van der Waals surface area contributed by atoms with Gasteiger partial charge in [0, 0.05) is 17.9 Å². The number of ether oxygens (including phenoxy) is 2. The lowest BCUT2D eigenvalue weighted by Gasteiger charge is -2.11. The Kier molecular flexibility index (Phi) is 7.18. The molecule has 0 saturated heterocycles. The molecule has 0 radical (unpaired) electrons. The second-order valence-electron chi connectivity index (χ2n) is 6.02. The van der Waals surface area contributed by atoms with Gasteiger partial charge in [-0.25, -0.2) is 4.98 Å². The number of hydrogen-bond donors (Lipinski definition) is 2. The van der Waals surface area contributed by atoms with Crippen molar-refractivity contribution in [1.29, 1.82) is 0 Å². The predicted molar refractivity (Wildman–Crippen MR) is 116 cm³/mol. The average Bonchev–Trinajstić information content (AvgIpc) is 3.21. The van der Waals surface area contributed by atoms with Crippen LogP contribution >= 0.6 is 11.3 Å². The first-order chi connectivity index (χ1) is 14.2. The minimum atomic E-state index is -0.0873. The summed E-state index contributed by atoms with van der Waals surface area (Å²) in [6.07, 6.45) is 1.69. The summed E-state index contributed by atoms with van der Waals surface area (Å²) in [6, 6.07) is 15.5. The fourth-order valence-corrected chi connectivity index (χ4v) is 3.17. The van der Waals surface area contributed by atoms with Gasteiger partial charge in [0.1, 0.15) is 6.61 Å². The van der Waals surface area contributed by atoms with Gasteiger partial charge in [-0.2, -0.15) is 5.10 Å². The number of methoxy groups -OCH3 is 1. The highest BCUT2D eigenvalue weighted by Gasteiger charge is 2.06. The monoisotopic (exact) mass is 410 g/mol. The molecule has 0 aliphatic carbocycles. The van der Waals surface area contributed by atoms with Gasteiger partial charge in [-0.3, -0.25) is 10.2 Å². The second-order valence-corrected chi connectivity index (χ2v) is 6.87. The molecule has 2 aromatic carbocycles. The maximum absolute atomic E-state index is 10.9.